The number of nitrogens with one attached hydrogen (secondary N) is 1. The molecule has 0 aliphatic heterocycles. The Hall–Kier alpha value is -1.30. The quantitative estimate of drug-likeness (QED) is 0.668. The van der Waals surface area contributed by atoms with E-state index in [1.165, 1.54) is 12.1 Å². The lowest BCUT2D eigenvalue weighted by Crippen LogP contribution is -2.30. The van der Waals surface area contributed by atoms with Crippen LogP contribution in [0.25, 0.3) is 0 Å². The van der Waals surface area contributed by atoms with Crippen LogP contribution in [0.1, 0.15) is 22.7 Å². The van der Waals surface area contributed by atoms with Crippen molar-refractivity contribution in [1.82, 2.24) is 5.43 Å². The Labute approximate surface area is 118 Å². The van der Waals surface area contributed by atoms with Crippen LogP contribution in [0.4, 0.5) is 8.78 Å². The van der Waals surface area contributed by atoms with Crippen molar-refractivity contribution in [2.24, 2.45) is 5.84 Å². The minimum Gasteiger partial charge on any atom is -0.271 e. The molecule has 0 amide bonds. The van der Waals surface area contributed by atoms with Gasteiger partial charge in [0.15, 0.2) is 0 Å². The van der Waals surface area contributed by atoms with Crippen LogP contribution in [-0.2, 0) is 0 Å². The highest BCUT2D eigenvalue weighted by Crippen LogP contribution is 2.31. The molecular weight excluding hydrogens is 314 g/mol. The van der Waals surface area contributed by atoms with E-state index in [-0.39, 0.29) is 10.3 Å². The van der Waals surface area contributed by atoms with E-state index in [0.29, 0.717) is 11.1 Å². The minimum absolute atomic E-state index is 0.277. The van der Waals surface area contributed by atoms with Gasteiger partial charge in [-0.3, -0.25) is 5.84 Å². The first-order valence-electron chi connectivity index (χ1n) is 5.70. The second-order valence-electron chi connectivity index (χ2n) is 4.27. The van der Waals surface area contributed by atoms with Crippen molar-refractivity contribution in [1.29, 1.82) is 0 Å². The van der Waals surface area contributed by atoms with Gasteiger partial charge in [0.1, 0.15) is 11.6 Å². The third kappa shape index (κ3) is 2.83. The molecule has 0 radical (unpaired) electrons. The molecule has 100 valence electrons. The van der Waals surface area contributed by atoms with Crippen molar-refractivity contribution in [2.45, 2.75) is 13.0 Å². The molecule has 0 saturated carbocycles. The molecule has 19 heavy (non-hydrogen) atoms. The fourth-order valence-corrected chi connectivity index (χ4v) is 2.47. The largest absolute Gasteiger partial charge is 0.271 e. The molecule has 0 bridgehead atoms. The Bertz CT molecular complexity index is 600. The summed E-state index contributed by atoms with van der Waals surface area (Å²) in [7, 11) is 0. The molecule has 1 unspecified atom stereocenters. The van der Waals surface area contributed by atoms with E-state index in [2.05, 4.69) is 21.4 Å². The number of hydrazine groups is 1. The molecule has 0 saturated heterocycles. The summed E-state index contributed by atoms with van der Waals surface area (Å²) in [5.41, 5.74) is 4.37. The highest BCUT2D eigenvalue weighted by atomic mass is 79.9. The summed E-state index contributed by atoms with van der Waals surface area (Å²) in [6, 6.07) is 8.71. The summed E-state index contributed by atoms with van der Waals surface area (Å²) in [5, 5.41) is 0. The van der Waals surface area contributed by atoms with Gasteiger partial charge in [-0.1, -0.05) is 29.8 Å². The fraction of sp³-hybridized carbons (Fsp3) is 0.143. The third-order valence-electron chi connectivity index (χ3n) is 2.92. The zero-order chi connectivity index (χ0) is 14.0. The summed E-state index contributed by atoms with van der Waals surface area (Å²) in [5.74, 6) is 4.72. The number of aryl methyl sites for hydroxylation is 1. The van der Waals surface area contributed by atoms with E-state index in [9.17, 15) is 8.78 Å². The van der Waals surface area contributed by atoms with E-state index in [1.807, 2.05) is 6.92 Å². The van der Waals surface area contributed by atoms with Gasteiger partial charge in [-0.05, 0) is 40.5 Å². The summed E-state index contributed by atoms with van der Waals surface area (Å²) < 4.78 is 27.8. The first kappa shape index (κ1) is 14.1. The summed E-state index contributed by atoms with van der Waals surface area (Å²) in [6.07, 6.45) is 0. The van der Waals surface area contributed by atoms with E-state index in [1.54, 1.807) is 24.3 Å². The molecule has 1 atom stereocenters. The highest BCUT2D eigenvalue weighted by molar-refractivity contribution is 9.10. The average molecular weight is 327 g/mol. The van der Waals surface area contributed by atoms with Crippen LogP contribution in [0.3, 0.4) is 0 Å². The van der Waals surface area contributed by atoms with Gasteiger partial charge in [0.05, 0.1) is 10.5 Å². The van der Waals surface area contributed by atoms with Crippen molar-refractivity contribution in [3.8, 4) is 0 Å². The molecule has 2 aromatic rings. The number of rotatable bonds is 3. The van der Waals surface area contributed by atoms with Crippen molar-refractivity contribution in [3.05, 3.63) is 69.2 Å². The van der Waals surface area contributed by atoms with Gasteiger partial charge >= 0.3 is 0 Å². The monoisotopic (exact) mass is 326 g/mol. The number of benzene rings is 2. The standard InChI is InChI=1S/C14H13BrF2N2/c1-8-5-6-11(16)10(7-8)14(19-18)9-3-2-4-12(17)13(9)15/h2-7,14,19H,18H2,1H3. The molecule has 0 heterocycles. The minimum atomic E-state index is -0.620. The number of nitrogens with two attached hydrogens (primary N) is 1. The van der Waals surface area contributed by atoms with Crippen LogP contribution in [0.15, 0.2) is 40.9 Å². The number of halogens is 3. The third-order valence-corrected chi connectivity index (χ3v) is 3.76. The van der Waals surface area contributed by atoms with Gasteiger partial charge in [-0.2, -0.15) is 0 Å². The SMILES string of the molecule is Cc1ccc(F)c(C(NN)c2cccc(F)c2Br)c1. The summed E-state index contributed by atoms with van der Waals surface area (Å²) in [6.45, 7) is 1.86. The molecule has 2 nitrogen and oxygen atoms in total. The maximum absolute atomic E-state index is 13.9. The second kappa shape index (κ2) is 5.77. The second-order valence-corrected chi connectivity index (χ2v) is 5.06. The topological polar surface area (TPSA) is 38.0 Å². The Kier molecular flexibility index (Phi) is 4.29. The normalized spacial score (nSPS) is 12.5. The Morgan fingerprint density at radius 1 is 1.11 bits per heavy atom. The van der Waals surface area contributed by atoms with Crippen molar-refractivity contribution in [2.75, 3.05) is 0 Å². The molecule has 0 aliphatic rings. The Balaban J connectivity index is 2.56. The van der Waals surface area contributed by atoms with Gasteiger partial charge in [-0.25, -0.2) is 14.2 Å². The average Bonchev–Trinajstić information content (AvgIpc) is 2.39. The molecule has 0 aromatic heterocycles. The van der Waals surface area contributed by atoms with Crippen LogP contribution in [0.5, 0.6) is 0 Å². The zero-order valence-electron chi connectivity index (χ0n) is 10.3. The first-order valence-corrected chi connectivity index (χ1v) is 6.50. The maximum Gasteiger partial charge on any atom is 0.137 e. The number of hydrogen-bond acceptors (Lipinski definition) is 2. The van der Waals surface area contributed by atoms with Crippen LogP contribution in [0.2, 0.25) is 0 Å². The lowest BCUT2D eigenvalue weighted by Gasteiger charge is -2.19. The lowest BCUT2D eigenvalue weighted by molar-refractivity contribution is 0.552. The molecule has 0 aliphatic carbocycles. The van der Waals surface area contributed by atoms with Crippen LogP contribution in [-0.4, -0.2) is 0 Å². The van der Waals surface area contributed by atoms with Crippen molar-refractivity contribution in [3.63, 3.8) is 0 Å². The van der Waals surface area contributed by atoms with E-state index in [4.69, 9.17) is 5.84 Å². The smallest absolute Gasteiger partial charge is 0.137 e. The molecule has 0 spiro atoms. The van der Waals surface area contributed by atoms with Crippen molar-refractivity contribution >= 4 is 15.9 Å². The first-order chi connectivity index (χ1) is 9.04. The van der Waals surface area contributed by atoms with Gasteiger partial charge in [0.2, 0.25) is 0 Å². The van der Waals surface area contributed by atoms with Gasteiger partial charge in [0.25, 0.3) is 0 Å². The predicted octanol–water partition coefficient (Wildman–Crippen LogP) is 3.59. The highest BCUT2D eigenvalue weighted by Gasteiger charge is 2.20. The molecule has 5 heteroatoms. The van der Waals surface area contributed by atoms with Crippen molar-refractivity contribution < 1.29 is 8.78 Å². The summed E-state index contributed by atoms with van der Waals surface area (Å²) >= 11 is 3.17. The van der Waals surface area contributed by atoms with Gasteiger partial charge < -0.3 is 0 Å². The van der Waals surface area contributed by atoms with E-state index < -0.39 is 11.9 Å². The Morgan fingerprint density at radius 3 is 2.53 bits per heavy atom. The molecule has 2 rings (SSSR count). The summed E-state index contributed by atoms with van der Waals surface area (Å²) in [4.78, 5) is 0. The van der Waals surface area contributed by atoms with Crippen LogP contribution in [0, 0.1) is 18.6 Å². The molecule has 0 fully saturated rings. The maximum atomic E-state index is 13.9. The zero-order valence-corrected chi connectivity index (χ0v) is 11.8. The molecular formula is C14H13BrF2N2. The van der Waals surface area contributed by atoms with Gasteiger partial charge in [-0.15, -0.1) is 0 Å². The molecule has 2 aromatic carbocycles. The predicted molar refractivity (Wildman–Crippen MR) is 74.4 cm³/mol. The Morgan fingerprint density at radius 2 is 1.84 bits per heavy atom. The van der Waals surface area contributed by atoms with E-state index in [0.717, 1.165) is 5.56 Å². The number of hydrogen-bond donors (Lipinski definition) is 2. The van der Waals surface area contributed by atoms with Crippen LogP contribution >= 0.6 is 15.9 Å². The lowest BCUT2D eigenvalue weighted by atomic mass is 9.97. The van der Waals surface area contributed by atoms with Gasteiger partial charge in [0, 0.05) is 5.56 Å². The van der Waals surface area contributed by atoms with Crippen LogP contribution < -0.4 is 11.3 Å². The molecule has 3 N–H and O–H groups in total. The fourth-order valence-electron chi connectivity index (χ4n) is 1.97. The van der Waals surface area contributed by atoms with E-state index >= 15 is 0 Å².